The van der Waals surface area contributed by atoms with Crippen molar-refractivity contribution in [1.82, 2.24) is 9.55 Å². The topological polar surface area (TPSA) is 101 Å². The predicted octanol–water partition coefficient (Wildman–Crippen LogP) is 0.567. The van der Waals surface area contributed by atoms with E-state index in [0.717, 1.165) is 12.8 Å². The van der Waals surface area contributed by atoms with E-state index in [-0.39, 0.29) is 18.2 Å². The van der Waals surface area contributed by atoms with Crippen LogP contribution in [0.25, 0.3) is 11.0 Å². The average molecular weight is 290 g/mol. The molecule has 1 aliphatic rings. The standard InChI is InChI=1S/C14H14N2O5/c17-12-13(18)16(7-9-2-1-5-21-9)11-6-8(14(19)20)3-4-10(11)15-12/h3-4,6,9H,1-2,5,7H2,(H,15,17)(H,19,20). The summed E-state index contributed by atoms with van der Waals surface area (Å²) in [6.07, 6.45) is 1.61. The number of ether oxygens (including phenoxy) is 1. The Hall–Kier alpha value is -2.41. The molecule has 0 amide bonds. The largest absolute Gasteiger partial charge is 0.478 e. The van der Waals surface area contributed by atoms with Gasteiger partial charge in [0.15, 0.2) is 0 Å². The maximum absolute atomic E-state index is 12.1. The number of carboxylic acids is 1. The Balaban J connectivity index is 2.20. The SMILES string of the molecule is O=C(O)c1ccc2[nH]c(=O)c(=O)n(CC3CCCO3)c2c1. The molecule has 0 aliphatic carbocycles. The number of aromatic carboxylic acids is 1. The van der Waals surface area contributed by atoms with Crippen LogP contribution in [0.2, 0.25) is 0 Å². The Bertz CT molecular complexity index is 814. The van der Waals surface area contributed by atoms with Gasteiger partial charge in [0.25, 0.3) is 0 Å². The van der Waals surface area contributed by atoms with Gasteiger partial charge in [-0.15, -0.1) is 0 Å². The molecule has 1 unspecified atom stereocenters. The van der Waals surface area contributed by atoms with Crippen molar-refractivity contribution in [2.75, 3.05) is 6.61 Å². The lowest BCUT2D eigenvalue weighted by Gasteiger charge is -2.14. The van der Waals surface area contributed by atoms with Crippen molar-refractivity contribution in [2.24, 2.45) is 0 Å². The number of carboxylic acid groups (broad SMARTS) is 1. The van der Waals surface area contributed by atoms with Gasteiger partial charge in [-0.05, 0) is 31.0 Å². The summed E-state index contributed by atoms with van der Waals surface area (Å²) in [5.74, 6) is -1.08. The van der Waals surface area contributed by atoms with Gasteiger partial charge in [0.1, 0.15) is 0 Å². The highest BCUT2D eigenvalue weighted by Crippen LogP contribution is 2.17. The van der Waals surface area contributed by atoms with Crippen LogP contribution < -0.4 is 11.1 Å². The minimum absolute atomic E-state index is 0.0649. The molecule has 110 valence electrons. The molecule has 0 radical (unpaired) electrons. The fourth-order valence-corrected chi connectivity index (χ4v) is 2.57. The van der Waals surface area contributed by atoms with Crippen LogP contribution in [-0.4, -0.2) is 33.3 Å². The molecule has 2 N–H and O–H groups in total. The van der Waals surface area contributed by atoms with E-state index in [1.54, 1.807) is 0 Å². The van der Waals surface area contributed by atoms with Crippen LogP contribution in [0, 0.1) is 0 Å². The van der Waals surface area contributed by atoms with Crippen LogP contribution in [-0.2, 0) is 11.3 Å². The zero-order chi connectivity index (χ0) is 15.0. The molecule has 1 aromatic heterocycles. The van der Waals surface area contributed by atoms with Gasteiger partial charge in [-0.1, -0.05) is 0 Å². The maximum Gasteiger partial charge on any atom is 0.335 e. The lowest BCUT2D eigenvalue weighted by atomic mass is 10.2. The zero-order valence-corrected chi connectivity index (χ0v) is 11.2. The van der Waals surface area contributed by atoms with Gasteiger partial charge in [-0.25, -0.2) is 4.79 Å². The Morgan fingerprint density at radius 3 is 2.90 bits per heavy atom. The van der Waals surface area contributed by atoms with Crippen molar-refractivity contribution in [3.8, 4) is 0 Å². The van der Waals surface area contributed by atoms with E-state index in [2.05, 4.69) is 4.98 Å². The molecular weight excluding hydrogens is 276 g/mol. The van der Waals surface area contributed by atoms with E-state index < -0.39 is 17.1 Å². The number of nitrogens with zero attached hydrogens (tertiary/aromatic N) is 1. The highest BCUT2D eigenvalue weighted by atomic mass is 16.5. The van der Waals surface area contributed by atoms with E-state index >= 15 is 0 Å². The fourth-order valence-electron chi connectivity index (χ4n) is 2.57. The summed E-state index contributed by atoms with van der Waals surface area (Å²) in [6.45, 7) is 0.892. The molecule has 0 bridgehead atoms. The van der Waals surface area contributed by atoms with E-state index in [9.17, 15) is 14.4 Å². The highest BCUT2D eigenvalue weighted by molar-refractivity contribution is 5.92. The Morgan fingerprint density at radius 1 is 1.43 bits per heavy atom. The monoisotopic (exact) mass is 290 g/mol. The smallest absolute Gasteiger partial charge is 0.335 e. The molecule has 7 nitrogen and oxygen atoms in total. The second kappa shape index (κ2) is 5.17. The Labute approximate surface area is 118 Å². The van der Waals surface area contributed by atoms with E-state index in [4.69, 9.17) is 9.84 Å². The normalized spacial score (nSPS) is 18.2. The fraction of sp³-hybridized carbons (Fsp3) is 0.357. The van der Waals surface area contributed by atoms with Crippen LogP contribution in [0.1, 0.15) is 23.2 Å². The molecule has 1 fully saturated rings. The molecule has 7 heteroatoms. The number of fused-ring (bicyclic) bond motifs is 1. The number of hydrogen-bond donors (Lipinski definition) is 2. The molecule has 21 heavy (non-hydrogen) atoms. The molecule has 2 heterocycles. The lowest BCUT2D eigenvalue weighted by molar-refractivity contribution is 0.0697. The second-order valence-corrected chi connectivity index (χ2v) is 5.04. The van der Waals surface area contributed by atoms with E-state index in [0.29, 0.717) is 17.6 Å². The first-order valence-corrected chi connectivity index (χ1v) is 6.68. The minimum Gasteiger partial charge on any atom is -0.478 e. The average Bonchev–Trinajstić information content (AvgIpc) is 2.96. The first kappa shape index (κ1) is 13.6. The number of carbonyl (C=O) groups is 1. The Morgan fingerprint density at radius 2 is 2.24 bits per heavy atom. The molecular formula is C14H14N2O5. The lowest BCUT2D eigenvalue weighted by Crippen LogP contribution is -2.38. The van der Waals surface area contributed by atoms with Gasteiger partial charge < -0.3 is 14.8 Å². The predicted molar refractivity (Wildman–Crippen MR) is 74.8 cm³/mol. The molecule has 1 saturated heterocycles. The number of H-pyrrole nitrogens is 1. The molecule has 1 aliphatic heterocycles. The Kier molecular flexibility index (Phi) is 3.34. The summed E-state index contributed by atoms with van der Waals surface area (Å²) in [6, 6.07) is 4.27. The van der Waals surface area contributed by atoms with Crippen molar-refractivity contribution in [3.63, 3.8) is 0 Å². The summed E-state index contributed by atoms with van der Waals surface area (Å²) in [5.41, 5.74) is -0.517. The maximum atomic E-state index is 12.1. The summed E-state index contributed by atoms with van der Waals surface area (Å²) in [5, 5.41) is 9.06. The van der Waals surface area contributed by atoms with Gasteiger partial charge in [-0.3, -0.25) is 14.2 Å². The van der Waals surface area contributed by atoms with Gasteiger partial charge in [-0.2, -0.15) is 0 Å². The summed E-state index contributed by atoms with van der Waals surface area (Å²) in [4.78, 5) is 37.3. The quantitative estimate of drug-likeness (QED) is 0.805. The third-order valence-electron chi connectivity index (χ3n) is 3.63. The van der Waals surface area contributed by atoms with Crippen LogP contribution in [0.15, 0.2) is 27.8 Å². The number of nitrogens with one attached hydrogen (secondary N) is 1. The van der Waals surface area contributed by atoms with Gasteiger partial charge in [0.05, 0.1) is 29.2 Å². The van der Waals surface area contributed by atoms with Gasteiger partial charge in [0, 0.05) is 6.61 Å². The van der Waals surface area contributed by atoms with Crippen molar-refractivity contribution in [1.29, 1.82) is 0 Å². The number of benzene rings is 1. The minimum atomic E-state index is -1.08. The molecule has 1 atom stereocenters. The molecule has 0 spiro atoms. The van der Waals surface area contributed by atoms with Crippen LogP contribution >= 0.6 is 0 Å². The van der Waals surface area contributed by atoms with Gasteiger partial charge in [0.2, 0.25) is 0 Å². The van der Waals surface area contributed by atoms with Crippen molar-refractivity contribution < 1.29 is 14.6 Å². The highest BCUT2D eigenvalue weighted by Gasteiger charge is 2.19. The summed E-state index contributed by atoms with van der Waals surface area (Å²) in [7, 11) is 0. The molecule has 0 saturated carbocycles. The zero-order valence-electron chi connectivity index (χ0n) is 11.2. The summed E-state index contributed by atoms with van der Waals surface area (Å²) >= 11 is 0. The molecule has 3 rings (SSSR count). The summed E-state index contributed by atoms with van der Waals surface area (Å²) < 4.78 is 6.79. The van der Waals surface area contributed by atoms with Crippen LogP contribution in [0.5, 0.6) is 0 Å². The first-order chi connectivity index (χ1) is 10.1. The molecule has 2 aromatic rings. The van der Waals surface area contributed by atoms with Crippen molar-refractivity contribution in [2.45, 2.75) is 25.5 Å². The number of aromatic nitrogens is 2. The van der Waals surface area contributed by atoms with E-state index in [1.807, 2.05) is 0 Å². The number of aromatic amines is 1. The number of hydrogen-bond acceptors (Lipinski definition) is 4. The van der Waals surface area contributed by atoms with E-state index in [1.165, 1.54) is 22.8 Å². The van der Waals surface area contributed by atoms with Crippen molar-refractivity contribution in [3.05, 3.63) is 44.5 Å². The second-order valence-electron chi connectivity index (χ2n) is 5.04. The van der Waals surface area contributed by atoms with Crippen LogP contribution in [0.3, 0.4) is 0 Å². The third-order valence-corrected chi connectivity index (χ3v) is 3.63. The third kappa shape index (κ3) is 2.47. The van der Waals surface area contributed by atoms with Gasteiger partial charge >= 0.3 is 17.1 Å². The molecule has 1 aromatic carbocycles. The van der Waals surface area contributed by atoms with Crippen molar-refractivity contribution >= 4 is 17.0 Å². The first-order valence-electron chi connectivity index (χ1n) is 6.68. The number of rotatable bonds is 3. The van der Waals surface area contributed by atoms with Crippen LogP contribution in [0.4, 0.5) is 0 Å².